The third-order valence-electron chi connectivity index (χ3n) is 2.00. The van der Waals surface area contributed by atoms with Crippen molar-refractivity contribution in [1.29, 1.82) is 10.5 Å². The number of rotatable bonds is 6. The Morgan fingerprint density at radius 1 is 1.50 bits per heavy atom. The molecule has 1 aromatic heterocycles. The first-order valence-electron chi connectivity index (χ1n) is 5.29. The molecule has 0 saturated heterocycles. The second kappa shape index (κ2) is 7.53. The average molecular weight is 244 g/mol. The van der Waals surface area contributed by atoms with Gasteiger partial charge in [-0.2, -0.15) is 10.5 Å². The Bertz CT molecular complexity index is 491. The van der Waals surface area contributed by atoms with E-state index in [1.54, 1.807) is 18.2 Å². The first-order valence-corrected chi connectivity index (χ1v) is 5.29. The van der Waals surface area contributed by atoms with E-state index >= 15 is 0 Å². The van der Waals surface area contributed by atoms with Gasteiger partial charge in [-0.3, -0.25) is 4.79 Å². The van der Waals surface area contributed by atoms with E-state index in [-0.39, 0.29) is 12.1 Å². The normalized spacial score (nSPS) is 10.2. The number of hydrogen-bond donors (Lipinski definition) is 2. The topological polar surface area (TPSA) is 102 Å². The van der Waals surface area contributed by atoms with Crippen LogP contribution in [0.5, 0.6) is 0 Å². The van der Waals surface area contributed by atoms with E-state index in [1.165, 1.54) is 12.5 Å². The van der Waals surface area contributed by atoms with Gasteiger partial charge in [0.15, 0.2) is 0 Å². The van der Waals surface area contributed by atoms with Crippen LogP contribution in [0.2, 0.25) is 0 Å². The number of hydrogen-bond acceptors (Lipinski definition) is 5. The van der Waals surface area contributed by atoms with Crippen molar-refractivity contribution in [2.45, 2.75) is 13.0 Å². The first-order chi connectivity index (χ1) is 8.77. The molecule has 2 N–H and O–H groups in total. The summed E-state index contributed by atoms with van der Waals surface area (Å²) in [5.74, 6) is 0.122. The molecule has 0 atom stereocenters. The minimum absolute atomic E-state index is 0.0421. The first kappa shape index (κ1) is 13.3. The van der Waals surface area contributed by atoms with Crippen LogP contribution in [0.1, 0.15) is 12.2 Å². The monoisotopic (exact) mass is 244 g/mol. The van der Waals surface area contributed by atoms with Crippen molar-refractivity contribution in [3.8, 4) is 12.1 Å². The Labute approximate surface area is 105 Å². The van der Waals surface area contributed by atoms with Crippen LogP contribution < -0.4 is 10.6 Å². The third kappa shape index (κ3) is 4.42. The van der Waals surface area contributed by atoms with Gasteiger partial charge < -0.3 is 15.1 Å². The molecule has 6 heteroatoms. The molecule has 18 heavy (non-hydrogen) atoms. The highest BCUT2D eigenvalue weighted by atomic mass is 16.3. The Morgan fingerprint density at radius 3 is 2.94 bits per heavy atom. The van der Waals surface area contributed by atoms with Crippen LogP contribution >= 0.6 is 0 Å². The quantitative estimate of drug-likeness (QED) is 0.438. The molecule has 0 fully saturated rings. The lowest BCUT2D eigenvalue weighted by molar-refractivity contribution is -0.117. The number of nitrogens with zero attached hydrogens (tertiary/aromatic N) is 2. The molecule has 0 bridgehead atoms. The number of carbonyl (C=O) groups is 1. The highest BCUT2D eigenvalue weighted by molar-refractivity contribution is 5.96. The molecule has 0 aliphatic heterocycles. The fourth-order valence-corrected chi connectivity index (χ4v) is 1.13. The second-order valence-electron chi connectivity index (χ2n) is 3.29. The molecule has 1 amide bonds. The summed E-state index contributed by atoms with van der Waals surface area (Å²) in [5, 5.41) is 22.4. The predicted molar refractivity (Wildman–Crippen MR) is 62.5 cm³/mol. The molecule has 1 aromatic rings. The smallest absolute Gasteiger partial charge is 0.263 e. The summed E-state index contributed by atoms with van der Waals surface area (Å²) in [6.45, 7) is 0.621. The van der Waals surface area contributed by atoms with Gasteiger partial charge in [-0.05, 0) is 12.1 Å². The van der Waals surface area contributed by atoms with Crippen LogP contribution in [-0.2, 0) is 11.3 Å². The van der Waals surface area contributed by atoms with Crippen LogP contribution in [0.4, 0.5) is 0 Å². The standard InChI is InChI=1S/C12H12N4O2/c13-4-2-5-15-8-10(7-14)12(17)16-9-11-3-1-6-18-11/h1,3,6,8,15H,2,5,9H2,(H,16,17)/b10-8-. The lowest BCUT2D eigenvalue weighted by Crippen LogP contribution is -2.25. The zero-order valence-electron chi connectivity index (χ0n) is 9.64. The number of furan rings is 1. The molecular formula is C12H12N4O2. The molecule has 1 rings (SSSR count). The van der Waals surface area contributed by atoms with Crippen molar-refractivity contribution < 1.29 is 9.21 Å². The van der Waals surface area contributed by atoms with Crippen LogP contribution in [0.15, 0.2) is 34.6 Å². The van der Waals surface area contributed by atoms with Gasteiger partial charge in [0.1, 0.15) is 17.4 Å². The largest absolute Gasteiger partial charge is 0.467 e. The van der Waals surface area contributed by atoms with Gasteiger partial charge in [0.2, 0.25) is 0 Å². The van der Waals surface area contributed by atoms with E-state index in [2.05, 4.69) is 10.6 Å². The summed E-state index contributed by atoms with van der Waals surface area (Å²) in [7, 11) is 0. The Kier molecular flexibility index (Phi) is 5.58. The van der Waals surface area contributed by atoms with E-state index in [4.69, 9.17) is 14.9 Å². The minimum Gasteiger partial charge on any atom is -0.467 e. The van der Waals surface area contributed by atoms with Gasteiger partial charge in [0.25, 0.3) is 5.91 Å². The number of nitrogens with one attached hydrogen (secondary N) is 2. The van der Waals surface area contributed by atoms with Crippen molar-refractivity contribution >= 4 is 5.91 Å². The summed E-state index contributed by atoms with van der Waals surface area (Å²) in [6.07, 6.45) is 3.12. The van der Waals surface area contributed by atoms with Crippen LogP contribution in [-0.4, -0.2) is 12.5 Å². The lowest BCUT2D eigenvalue weighted by Gasteiger charge is -2.02. The highest BCUT2D eigenvalue weighted by Crippen LogP contribution is 1.99. The van der Waals surface area contributed by atoms with Crippen molar-refractivity contribution in [1.82, 2.24) is 10.6 Å². The maximum Gasteiger partial charge on any atom is 0.263 e. The van der Waals surface area contributed by atoms with E-state index in [0.717, 1.165) is 0 Å². The third-order valence-corrected chi connectivity index (χ3v) is 2.00. The Morgan fingerprint density at radius 2 is 2.33 bits per heavy atom. The fourth-order valence-electron chi connectivity index (χ4n) is 1.13. The lowest BCUT2D eigenvalue weighted by atomic mass is 10.3. The zero-order valence-corrected chi connectivity index (χ0v) is 9.64. The molecule has 0 radical (unpaired) electrons. The summed E-state index contributed by atoms with van der Waals surface area (Å²) >= 11 is 0. The minimum atomic E-state index is -0.488. The van der Waals surface area contributed by atoms with Crippen molar-refractivity contribution in [3.63, 3.8) is 0 Å². The molecule has 1 heterocycles. The molecule has 0 aliphatic carbocycles. The van der Waals surface area contributed by atoms with Crippen LogP contribution in [0, 0.1) is 22.7 Å². The number of amides is 1. The summed E-state index contributed by atoms with van der Waals surface area (Å²) in [6, 6.07) is 7.16. The van der Waals surface area contributed by atoms with E-state index < -0.39 is 5.91 Å². The van der Waals surface area contributed by atoms with Gasteiger partial charge in [0, 0.05) is 12.7 Å². The molecule has 92 valence electrons. The Balaban J connectivity index is 2.42. The molecular weight excluding hydrogens is 232 g/mol. The number of nitriles is 2. The van der Waals surface area contributed by atoms with Gasteiger partial charge >= 0.3 is 0 Å². The molecule has 0 saturated carbocycles. The summed E-state index contributed by atoms with van der Waals surface area (Å²) in [4.78, 5) is 11.6. The average Bonchev–Trinajstić information content (AvgIpc) is 2.89. The molecule has 6 nitrogen and oxygen atoms in total. The van der Waals surface area contributed by atoms with Gasteiger partial charge in [0.05, 0.1) is 25.3 Å². The van der Waals surface area contributed by atoms with Gasteiger partial charge in [-0.1, -0.05) is 0 Å². The fraction of sp³-hybridized carbons (Fsp3) is 0.250. The zero-order chi connectivity index (χ0) is 13.2. The predicted octanol–water partition coefficient (Wildman–Crippen LogP) is 0.807. The van der Waals surface area contributed by atoms with Gasteiger partial charge in [-0.25, -0.2) is 0 Å². The van der Waals surface area contributed by atoms with Crippen molar-refractivity contribution in [2.24, 2.45) is 0 Å². The van der Waals surface area contributed by atoms with E-state index in [9.17, 15) is 4.79 Å². The van der Waals surface area contributed by atoms with E-state index in [0.29, 0.717) is 18.7 Å². The van der Waals surface area contributed by atoms with Crippen LogP contribution in [0.3, 0.4) is 0 Å². The summed E-state index contributed by atoms with van der Waals surface area (Å²) in [5.41, 5.74) is -0.0421. The molecule has 0 aromatic carbocycles. The van der Waals surface area contributed by atoms with E-state index in [1.807, 2.05) is 6.07 Å². The molecule has 0 aliphatic rings. The summed E-state index contributed by atoms with van der Waals surface area (Å²) < 4.78 is 5.04. The van der Waals surface area contributed by atoms with Crippen molar-refractivity contribution in [2.75, 3.05) is 6.54 Å². The highest BCUT2D eigenvalue weighted by Gasteiger charge is 2.08. The van der Waals surface area contributed by atoms with Crippen molar-refractivity contribution in [3.05, 3.63) is 35.9 Å². The van der Waals surface area contributed by atoms with Crippen LogP contribution in [0.25, 0.3) is 0 Å². The second-order valence-corrected chi connectivity index (χ2v) is 3.29. The Hall–Kier alpha value is -2.73. The van der Waals surface area contributed by atoms with Gasteiger partial charge in [-0.15, -0.1) is 0 Å². The number of carbonyl (C=O) groups excluding carboxylic acids is 1. The molecule has 0 unspecified atom stereocenters. The maximum atomic E-state index is 11.6. The molecule has 0 spiro atoms. The maximum absolute atomic E-state index is 11.6. The SMILES string of the molecule is N#CCCN/C=C(/C#N)C(=O)NCc1ccco1.